The molecule has 0 bridgehead atoms. The van der Waals surface area contributed by atoms with Crippen LogP contribution in [0.4, 0.5) is 13.2 Å². The molecular formula is C22H22F3NO8S. The third-order valence-corrected chi connectivity index (χ3v) is 6.33. The van der Waals surface area contributed by atoms with Crippen LogP contribution in [0, 0.1) is 0 Å². The Morgan fingerprint density at radius 2 is 1.69 bits per heavy atom. The predicted molar refractivity (Wildman–Crippen MR) is 118 cm³/mol. The number of amides is 1. The largest absolute Gasteiger partial charge is 0.534 e. The van der Waals surface area contributed by atoms with Gasteiger partial charge in [0.05, 0.1) is 27.4 Å². The number of methoxy groups -OCH3 is 3. The molecule has 1 atom stereocenters. The lowest BCUT2D eigenvalue weighted by atomic mass is 9.95. The number of alkyl halides is 3. The summed E-state index contributed by atoms with van der Waals surface area (Å²) >= 11 is 0. The average molecular weight is 517 g/mol. The minimum atomic E-state index is -6.01. The molecule has 0 spiro atoms. The topological polar surface area (TPSA) is 117 Å². The number of ether oxygens (including phenoxy) is 3. The highest BCUT2D eigenvalue weighted by atomic mass is 32.2. The van der Waals surface area contributed by atoms with Gasteiger partial charge in [-0.25, -0.2) is 0 Å². The maximum Gasteiger partial charge on any atom is 0.534 e. The van der Waals surface area contributed by atoms with Crippen molar-refractivity contribution in [2.24, 2.45) is 0 Å². The predicted octanol–water partition coefficient (Wildman–Crippen LogP) is 3.09. The summed E-state index contributed by atoms with van der Waals surface area (Å²) in [6.07, 6.45) is 0.388. The molecule has 35 heavy (non-hydrogen) atoms. The van der Waals surface area contributed by atoms with E-state index in [-0.39, 0.29) is 30.2 Å². The molecule has 0 saturated carbocycles. The fraction of sp³-hybridized carbons (Fsp3) is 0.364. The van der Waals surface area contributed by atoms with Crippen molar-refractivity contribution in [3.05, 3.63) is 45.6 Å². The summed E-state index contributed by atoms with van der Waals surface area (Å²) in [5.74, 6) is -1.59. The van der Waals surface area contributed by atoms with Crippen LogP contribution in [0.2, 0.25) is 0 Å². The number of fused-ring (bicyclic) bond motifs is 3. The van der Waals surface area contributed by atoms with E-state index >= 15 is 0 Å². The Balaban J connectivity index is 2.38. The van der Waals surface area contributed by atoms with Crippen molar-refractivity contribution < 1.29 is 44.8 Å². The van der Waals surface area contributed by atoms with Crippen LogP contribution in [0.5, 0.6) is 23.0 Å². The molecule has 0 fully saturated rings. The van der Waals surface area contributed by atoms with Gasteiger partial charge in [0.1, 0.15) is 0 Å². The Bertz CT molecular complexity index is 1330. The maximum absolute atomic E-state index is 13.0. The number of aryl methyl sites for hydroxylation is 1. The normalized spacial score (nSPS) is 15.2. The van der Waals surface area contributed by atoms with Gasteiger partial charge >= 0.3 is 15.6 Å². The van der Waals surface area contributed by atoms with Crippen molar-refractivity contribution >= 4 is 16.0 Å². The highest BCUT2D eigenvalue weighted by molar-refractivity contribution is 7.88. The molecule has 0 radical (unpaired) electrons. The summed E-state index contributed by atoms with van der Waals surface area (Å²) in [4.78, 5) is 24.5. The second kappa shape index (κ2) is 9.64. The van der Waals surface area contributed by atoms with Crippen LogP contribution >= 0.6 is 0 Å². The lowest BCUT2D eigenvalue weighted by molar-refractivity contribution is -0.119. The molecule has 2 aromatic carbocycles. The van der Waals surface area contributed by atoms with E-state index in [4.69, 9.17) is 14.2 Å². The minimum Gasteiger partial charge on any atom is -0.493 e. The van der Waals surface area contributed by atoms with Crippen molar-refractivity contribution in [3.8, 4) is 34.1 Å². The summed E-state index contributed by atoms with van der Waals surface area (Å²) in [5.41, 5.74) is -4.64. The van der Waals surface area contributed by atoms with Gasteiger partial charge in [-0.15, -0.1) is 0 Å². The fourth-order valence-electron chi connectivity index (χ4n) is 3.94. The van der Waals surface area contributed by atoms with E-state index in [0.29, 0.717) is 22.3 Å². The number of hydrogen-bond acceptors (Lipinski definition) is 8. The Labute approximate surface area is 198 Å². The number of halogens is 3. The van der Waals surface area contributed by atoms with Gasteiger partial charge in [0.15, 0.2) is 17.2 Å². The number of benzene rings is 1. The lowest BCUT2D eigenvalue weighted by Gasteiger charge is -2.20. The van der Waals surface area contributed by atoms with Crippen LogP contribution in [-0.4, -0.2) is 41.2 Å². The number of rotatable bonds is 6. The van der Waals surface area contributed by atoms with Gasteiger partial charge in [-0.1, -0.05) is 6.07 Å². The van der Waals surface area contributed by atoms with Gasteiger partial charge in [0.2, 0.25) is 17.1 Å². The molecule has 0 aliphatic heterocycles. The van der Waals surface area contributed by atoms with Crippen LogP contribution in [-0.2, 0) is 21.3 Å². The summed E-state index contributed by atoms with van der Waals surface area (Å²) < 4.78 is 82.5. The highest BCUT2D eigenvalue weighted by Gasteiger charge is 2.49. The Hall–Kier alpha value is -3.48. The minimum absolute atomic E-state index is 0.0170. The van der Waals surface area contributed by atoms with Crippen LogP contribution in [0.25, 0.3) is 11.1 Å². The van der Waals surface area contributed by atoms with Crippen LogP contribution in [0.1, 0.15) is 30.5 Å². The number of carbonyl (C=O) groups is 1. The Kier molecular flexibility index (Phi) is 7.20. The quantitative estimate of drug-likeness (QED) is 0.459. The SMILES string of the molecule is COc1c(OS(=O)(=O)C(F)(F)F)cc2c(c1OC)-c1ccc(OC)c(=O)cc1[C@@H](NC(C)=O)CC2. The van der Waals surface area contributed by atoms with Crippen LogP contribution in [0.15, 0.2) is 29.1 Å². The molecule has 0 aromatic heterocycles. The first-order valence-electron chi connectivity index (χ1n) is 10.1. The Morgan fingerprint density at radius 3 is 2.23 bits per heavy atom. The second-order valence-corrected chi connectivity index (χ2v) is 9.07. The van der Waals surface area contributed by atoms with E-state index in [9.17, 15) is 31.2 Å². The van der Waals surface area contributed by atoms with E-state index in [1.54, 1.807) is 6.07 Å². The standard InChI is InChI=1S/C22H22F3NO8S/c1-11(27)26-15-7-5-12-9-18(34-35(29,30)22(23,24)25)20(32-3)21(33-4)19(12)13-6-8-17(31-2)16(28)10-14(13)15/h6,8-10,15H,5,7H2,1-4H3,(H,26,27)/t15-/m0/s1. The zero-order valence-corrected chi connectivity index (χ0v) is 19.9. The maximum atomic E-state index is 13.0. The summed E-state index contributed by atoms with van der Waals surface area (Å²) in [5, 5.41) is 2.76. The van der Waals surface area contributed by atoms with Crippen LogP contribution < -0.4 is 29.1 Å². The van der Waals surface area contributed by atoms with Gasteiger partial charge in [0, 0.05) is 12.5 Å². The molecule has 2 aromatic rings. The molecule has 1 aliphatic carbocycles. The molecule has 1 N–H and O–H groups in total. The lowest BCUT2D eigenvalue weighted by Crippen LogP contribution is -2.28. The smallest absolute Gasteiger partial charge is 0.493 e. The first-order chi connectivity index (χ1) is 16.3. The average Bonchev–Trinajstić information content (AvgIpc) is 3.00. The van der Waals surface area contributed by atoms with E-state index < -0.39 is 38.6 Å². The zero-order valence-electron chi connectivity index (χ0n) is 19.1. The molecular weight excluding hydrogens is 495 g/mol. The number of carbonyl (C=O) groups excluding carboxylic acids is 1. The molecule has 3 rings (SSSR count). The molecule has 13 heteroatoms. The molecule has 0 saturated heterocycles. The number of nitrogens with one attached hydrogen (secondary N) is 1. The van der Waals surface area contributed by atoms with Gasteiger partial charge < -0.3 is 23.7 Å². The Morgan fingerprint density at radius 1 is 1.03 bits per heavy atom. The van der Waals surface area contributed by atoms with Gasteiger partial charge in [-0.3, -0.25) is 9.59 Å². The first kappa shape index (κ1) is 26.1. The van der Waals surface area contributed by atoms with E-state index in [0.717, 1.165) is 13.2 Å². The van der Waals surface area contributed by atoms with Crippen LogP contribution in [0.3, 0.4) is 0 Å². The monoisotopic (exact) mass is 517 g/mol. The van der Waals surface area contributed by atoms with Gasteiger partial charge in [0.25, 0.3) is 0 Å². The van der Waals surface area contributed by atoms with Gasteiger partial charge in [-0.05, 0) is 47.7 Å². The van der Waals surface area contributed by atoms with Crippen molar-refractivity contribution in [3.63, 3.8) is 0 Å². The van der Waals surface area contributed by atoms with Gasteiger partial charge in [-0.2, -0.15) is 21.6 Å². The molecule has 0 heterocycles. The first-order valence-corrected chi connectivity index (χ1v) is 11.5. The zero-order chi connectivity index (χ0) is 26.1. The number of hydrogen-bond donors (Lipinski definition) is 1. The van der Waals surface area contributed by atoms with Crippen molar-refractivity contribution in [2.75, 3.05) is 21.3 Å². The van der Waals surface area contributed by atoms with Crippen molar-refractivity contribution in [1.29, 1.82) is 0 Å². The van der Waals surface area contributed by atoms with E-state index in [2.05, 4.69) is 9.50 Å². The highest BCUT2D eigenvalue weighted by Crippen LogP contribution is 2.51. The molecule has 190 valence electrons. The van der Waals surface area contributed by atoms with Crippen molar-refractivity contribution in [2.45, 2.75) is 31.3 Å². The summed E-state index contributed by atoms with van der Waals surface area (Å²) in [6, 6.07) is 4.71. The summed E-state index contributed by atoms with van der Waals surface area (Å²) in [6.45, 7) is 1.30. The van der Waals surface area contributed by atoms with E-state index in [1.807, 2.05) is 0 Å². The third-order valence-electron chi connectivity index (χ3n) is 5.36. The van der Waals surface area contributed by atoms with E-state index in [1.165, 1.54) is 33.3 Å². The summed E-state index contributed by atoms with van der Waals surface area (Å²) in [7, 11) is -2.36. The molecule has 9 nitrogen and oxygen atoms in total. The third kappa shape index (κ3) is 4.99. The fourth-order valence-corrected chi connectivity index (χ4v) is 4.39. The molecule has 1 amide bonds. The van der Waals surface area contributed by atoms with Crippen molar-refractivity contribution in [1.82, 2.24) is 5.32 Å². The molecule has 1 aliphatic rings. The molecule has 0 unspecified atom stereocenters. The second-order valence-electron chi connectivity index (χ2n) is 7.53.